The highest BCUT2D eigenvalue weighted by Gasteiger charge is 2.41. The number of piperidine rings is 1. The molecule has 0 bridgehead atoms. The topological polar surface area (TPSA) is 57.4 Å². The lowest BCUT2D eigenvalue weighted by atomic mass is 9.79. The van der Waals surface area contributed by atoms with E-state index < -0.39 is 0 Å². The van der Waals surface area contributed by atoms with E-state index in [0.717, 1.165) is 51.1 Å². The van der Waals surface area contributed by atoms with E-state index in [1.54, 1.807) is 7.11 Å². The van der Waals surface area contributed by atoms with E-state index in [4.69, 9.17) is 4.74 Å². The van der Waals surface area contributed by atoms with Crippen LogP contribution >= 0.6 is 0 Å². The Morgan fingerprint density at radius 1 is 1.32 bits per heavy atom. The Morgan fingerprint density at radius 2 is 2.12 bits per heavy atom. The fourth-order valence-electron chi connectivity index (χ4n) is 4.47. The molecule has 2 aliphatic heterocycles. The third kappa shape index (κ3) is 2.71. The molecule has 1 saturated heterocycles. The fraction of sp³-hybridized carbons (Fsp3) is 0.550. The molecule has 0 unspecified atom stereocenters. The monoisotopic (exact) mass is 341 g/mol. The number of nitrogens with one attached hydrogen (secondary N) is 2. The van der Waals surface area contributed by atoms with E-state index in [1.165, 1.54) is 22.2 Å². The summed E-state index contributed by atoms with van der Waals surface area (Å²) >= 11 is 0. The number of methoxy groups -OCH3 is 1. The average Bonchev–Trinajstić information content (AvgIpc) is 3.02. The van der Waals surface area contributed by atoms with Crippen molar-refractivity contribution in [1.82, 2.24) is 15.2 Å². The first kappa shape index (κ1) is 16.5. The van der Waals surface area contributed by atoms with Gasteiger partial charge in [0.05, 0.1) is 12.6 Å². The molecule has 1 amide bonds. The third-order valence-corrected chi connectivity index (χ3v) is 5.86. The lowest BCUT2D eigenvalue weighted by molar-refractivity contribution is -0.133. The number of hydrogen-bond donors (Lipinski definition) is 2. The Balaban J connectivity index is 1.65. The second-order valence-corrected chi connectivity index (χ2v) is 7.28. The predicted octanol–water partition coefficient (Wildman–Crippen LogP) is 2.94. The quantitative estimate of drug-likeness (QED) is 0.902. The molecular formula is C20H27N3O2. The van der Waals surface area contributed by atoms with Crippen LogP contribution < -0.4 is 10.1 Å². The highest BCUT2D eigenvalue weighted by Crippen LogP contribution is 2.40. The molecule has 5 nitrogen and oxygen atoms in total. The minimum absolute atomic E-state index is 0.0250. The van der Waals surface area contributed by atoms with Crippen molar-refractivity contribution < 1.29 is 9.53 Å². The molecule has 134 valence electrons. The van der Waals surface area contributed by atoms with E-state index in [9.17, 15) is 4.79 Å². The zero-order valence-corrected chi connectivity index (χ0v) is 15.2. The molecular weight excluding hydrogens is 314 g/mol. The van der Waals surface area contributed by atoms with Crippen LogP contribution in [0.2, 0.25) is 0 Å². The van der Waals surface area contributed by atoms with Crippen molar-refractivity contribution in [3.05, 3.63) is 29.5 Å². The Bertz CT molecular complexity index is 788. The number of fused-ring (bicyclic) bond motifs is 4. The molecule has 1 aromatic carbocycles. The van der Waals surface area contributed by atoms with Crippen molar-refractivity contribution in [2.24, 2.45) is 0 Å². The first-order valence-electron chi connectivity index (χ1n) is 9.39. The van der Waals surface area contributed by atoms with Crippen LogP contribution in [0.5, 0.6) is 5.75 Å². The standard InChI is InChI=1S/C20H27N3O2/c1-3-4-18(24)23-11-8-20(9-12-23)19-15(7-10-21-20)16-13-14(25-2)5-6-17(16)22-19/h5-6,13,21-22H,3-4,7-12H2,1-2H3. The number of carbonyl (C=O) groups is 1. The van der Waals surface area contributed by atoms with Crippen LogP contribution in [0.4, 0.5) is 0 Å². The third-order valence-electron chi connectivity index (χ3n) is 5.86. The number of aromatic amines is 1. The Hall–Kier alpha value is -2.01. The SMILES string of the molecule is CCCC(=O)N1CCC2(CC1)NCCc1c2[nH]c2ccc(OC)cc12. The van der Waals surface area contributed by atoms with Gasteiger partial charge in [0.2, 0.25) is 5.91 Å². The Morgan fingerprint density at radius 3 is 2.84 bits per heavy atom. The van der Waals surface area contributed by atoms with Crippen molar-refractivity contribution in [1.29, 1.82) is 0 Å². The summed E-state index contributed by atoms with van der Waals surface area (Å²) in [5, 5.41) is 5.05. The molecule has 2 aromatic rings. The van der Waals surface area contributed by atoms with Gasteiger partial charge in [-0.3, -0.25) is 4.79 Å². The summed E-state index contributed by atoms with van der Waals surface area (Å²) in [7, 11) is 1.71. The first-order valence-corrected chi connectivity index (χ1v) is 9.39. The molecule has 0 saturated carbocycles. The van der Waals surface area contributed by atoms with Crippen LogP contribution in [-0.2, 0) is 16.8 Å². The number of carbonyl (C=O) groups excluding carboxylic acids is 1. The molecule has 1 aromatic heterocycles. The van der Waals surface area contributed by atoms with Gasteiger partial charge in [0.1, 0.15) is 5.75 Å². The summed E-state index contributed by atoms with van der Waals surface area (Å²) in [6.45, 7) is 4.73. The van der Waals surface area contributed by atoms with Crippen molar-refractivity contribution in [2.45, 2.75) is 44.6 Å². The van der Waals surface area contributed by atoms with Crippen LogP contribution in [0.1, 0.15) is 43.9 Å². The molecule has 0 aliphatic carbocycles. The lowest BCUT2D eigenvalue weighted by Crippen LogP contribution is -2.55. The van der Waals surface area contributed by atoms with Crippen LogP contribution in [0.15, 0.2) is 18.2 Å². The fourth-order valence-corrected chi connectivity index (χ4v) is 4.47. The van der Waals surface area contributed by atoms with Gasteiger partial charge in [-0.1, -0.05) is 6.92 Å². The maximum Gasteiger partial charge on any atom is 0.222 e. The maximum absolute atomic E-state index is 12.2. The second kappa shape index (κ2) is 6.37. The first-order chi connectivity index (χ1) is 12.2. The Kier molecular flexibility index (Phi) is 4.20. The molecule has 0 atom stereocenters. The van der Waals surface area contributed by atoms with E-state index in [2.05, 4.69) is 29.4 Å². The minimum atomic E-state index is -0.0250. The van der Waals surface area contributed by atoms with Gasteiger partial charge >= 0.3 is 0 Å². The molecule has 4 rings (SSSR count). The molecule has 2 aliphatic rings. The molecule has 1 fully saturated rings. The van der Waals surface area contributed by atoms with E-state index >= 15 is 0 Å². The molecule has 1 spiro atoms. The number of H-pyrrole nitrogens is 1. The highest BCUT2D eigenvalue weighted by molar-refractivity contribution is 5.87. The molecule has 3 heterocycles. The van der Waals surface area contributed by atoms with Crippen molar-refractivity contribution in [3.63, 3.8) is 0 Å². The van der Waals surface area contributed by atoms with Gasteiger partial charge in [0.25, 0.3) is 0 Å². The van der Waals surface area contributed by atoms with Crippen LogP contribution in [0, 0.1) is 0 Å². The highest BCUT2D eigenvalue weighted by atomic mass is 16.5. The minimum Gasteiger partial charge on any atom is -0.497 e. The number of amides is 1. The zero-order chi connectivity index (χ0) is 17.4. The predicted molar refractivity (Wildman–Crippen MR) is 99.0 cm³/mol. The number of hydrogen-bond acceptors (Lipinski definition) is 3. The van der Waals surface area contributed by atoms with Gasteiger partial charge in [-0.05, 0) is 49.4 Å². The van der Waals surface area contributed by atoms with Crippen molar-refractivity contribution in [3.8, 4) is 5.75 Å². The number of likely N-dealkylation sites (tertiary alicyclic amines) is 1. The van der Waals surface area contributed by atoms with Gasteiger partial charge in [-0.15, -0.1) is 0 Å². The van der Waals surface area contributed by atoms with E-state index in [-0.39, 0.29) is 5.54 Å². The summed E-state index contributed by atoms with van der Waals surface area (Å²) in [5.41, 5.74) is 3.90. The van der Waals surface area contributed by atoms with Gasteiger partial charge in [0, 0.05) is 42.7 Å². The summed E-state index contributed by atoms with van der Waals surface area (Å²) < 4.78 is 5.41. The lowest BCUT2D eigenvalue weighted by Gasteiger charge is -2.44. The maximum atomic E-state index is 12.2. The summed E-state index contributed by atoms with van der Waals surface area (Å²) in [6.07, 6.45) is 4.56. The van der Waals surface area contributed by atoms with E-state index in [0.29, 0.717) is 12.3 Å². The van der Waals surface area contributed by atoms with Crippen LogP contribution in [-0.4, -0.2) is 42.5 Å². The normalized spacial score (nSPS) is 19.2. The van der Waals surface area contributed by atoms with Gasteiger partial charge < -0.3 is 19.9 Å². The zero-order valence-electron chi connectivity index (χ0n) is 15.2. The van der Waals surface area contributed by atoms with Crippen LogP contribution in [0.25, 0.3) is 10.9 Å². The van der Waals surface area contributed by atoms with E-state index in [1.807, 2.05) is 11.0 Å². The summed E-state index contributed by atoms with van der Waals surface area (Å²) in [5.74, 6) is 1.21. The number of rotatable bonds is 3. The van der Waals surface area contributed by atoms with Crippen molar-refractivity contribution >= 4 is 16.8 Å². The molecule has 25 heavy (non-hydrogen) atoms. The average molecular weight is 341 g/mol. The summed E-state index contributed by atoms with van der Waals surface area (Å²) in [6, 6.07) is 6.26. The molecule has 2 N–H and O–H groups in total. The Labute approximate surface area is 148 Å². The smallest absolute Gasteiger partial charge is 0.222 e. The molecule has 5 heteroatoms. The number of ether oxygens (including phenoxy) is 1. The van der Waals surface area contributed by atoms with Gasteiger partial charge in [0.15, 0.2) is 0 Å². The van der Waals surface area contributed by atoms with Gasteiger partial charge in [-0.2, -0.15) is 0 Å². The largest absolute Gasteiger partial charge is 0.497 e. The number of aromatic nitrogens is 1. The number of benzene rings is 1. The second-order valence-electron chi connectivity index (χ2n) is 7.28. The molecule has 0 radical (unpaired) electrons. The summed E-state index contributed by atoms with van der Waals surface area (Å²) in [4.78, 5) is 17.9. The van der Waals surface area contributed by atoms with Crippen molar-refractivity contribution in [2.75, 3.05) is 26.7 Å². The van der Waals surface area contributed by atoms with Crippen LogP contribution in [0.3, 0.4) is 0 Å². The number of nitrogens with zero attached hydrogens (tertiary/aromatic N) is 1. The van der Waals surface area contributed by atoms with Gasteiger partial charge in [-0.25, -0.2) is 0 Å².